The van der Waals surface area contributed by atoms with Gasteiger partial charge in [0, 0.05) is 18.2 Å². The zero-order valence-corrected chi connectivity index (χ0v) is 15.0. The monoisotopic (exact) mass is 375 g/mol. The maximum absolute atomic E-state index is 12.5. The number of furan rings is 1. The van der Waals surface area contributed by atoms with E-state index in [4.69, 9.17) is 13.9 Å². The van der Waals surface area contributed by atoms with Crippen molar-refractivity contribution in [2.24, 2.45) is 0 Å². The average Bonchev–Trinajstić information content (AvgIpc) is 2.99. The molecule has 26 heavy (non-hydrogen) atoms. The van der Waals surface area contributed by atoms with Crippen LogP contribution in [0.3, 0.4) is 0 Å². The summed E-state index contributed by atoms with van der Waals surface area (Å²) in [6.07, 6.45) is 0. The Morgan fingerprint density at radius 1 is 1.12 bits per heavy atom. The van der Waals surface area contributed by atoms with Crippen molar-refractivity contribution in [2.45, 2.75) is 11.5 Å². The molecule has 8 heteroatoms. The summed E-state index contributed by atoms with van der Waals surface area (Å²) in [6, 6.07) is 12.7. The molecule has 3 aromatic rings. The van der Waals surface area contributed by atoms with E-state index in [2.05, 4.69) is 4.72 Å². The van der Waals surface area contributed by atoms with E-state index in [-0.39, 0.29) is 17.1 Å². The molecule has 2 aromatic carbocycles. The number of hydrogen-bond acceptors (Lipinski definition) is 6. The fraction of sp³-hybridized carbons (Fsp3) is 0.167. The molecule has 0 bridgehead atoms. The second-order valence-electron chi connectivity index (χ2n) is 5.45. The third-order valence-electron chi connectivity index (χ3n) is 3.73. The quantitative estimate of drug-likeness (QED) is 0.665. The Morgan fingerprint density at radius 2 is 1.85 bits per heavy atom. The molecule has 1 aromatic heterocycles. The molecule has 136 valence electrons. The molecule has 3 rings (SSSR count). The summed E-state index contributed by atoms with van der Waals surface area (Å²) in [5.74, 6) is -0.267. The third kappa shape index (κ3) is 3.42. The highest BCUT2D eigenvalue weighted by Crippen LogP contribution is 2.30. The summed E-state index contributed by atoms with van der Waals surface area (Å²) < 4.78 is 42.9. The summed E-state index contributed by atoms with van der Waals surface area (Å²) in [5, 5.41) is 0.442. The Morgan fingerprint density at radius 3 is 2.50 bits per heavy atom. The van der Waals surface area contributed by atoms with Gasteiger partial charge < -0.3 is 13.9 Å². The van der Waals surface area contributed by atoms with Crippen molar-refractivity contribution >= 4 is 32.6 Å². The fourth-order valence-corrected chi connectivity index (χ4v) is 3.65. The highest BCUT2D eigenvalue weighted by molar-refractivity contribution is 7.92. The van der Waals surface area contributed by atoms with Gasteiger partial charge >= 0.3 is 5.97 Å². The van der Waals surface area contributed by atoms with Gasteiger partial charge in [-0.05, 0) is 30.3 Å². The van der Waals surface area contributed by atoms with Crippen molar-refractivity contribution in [3.8, 4) is 0 Å². The predicted molar refractivity (Wildman–Crippen MR) is 95.5 cm³/mol. The summed E-state index contributed by atoms with van der Waals surface area (Å²) >= 11 is 0. The van der Waals surface area contributed by atoms with Gasteiger partial charge in [-0.15, -0.1) is 0 Å². The zero-order chi connectivity index (χ0) is 18.7. The first-order valence-corrected chi connectivity index (χ1v) is 9.15. The van der Waals surface area contributed by atoms with E-state index in [1.54, 1.807) is 30.3 Å². The van der Waals surface area contributed by atoms with Crippen LogP contribution in [-0.2, 0) is 26.1 Å². The van der Waals surface area contributed by atoms with Crippen molar-refractivity contribution in [3.05, 3.63) is 59.9 Å². The number of rotatable bonds is 6. The number of anilines is 1. The maximum atomic E-state index is 12.5. The van der Waals surface area contributed by atoms with Gasteiger partial charge in [0.25, 0.3) is 10.0 Å². The molecule has 0 unspecified atom stereocenters. The van der Waals surface area contributed by atoms with Gasteiger partial charge in [-0.3, -0.25) is 4.72 Å². The number of carbonyl (C=O) groups excluding carboxylic acids is 1. The van der Waals surface area contributed by atoms with E-state index in [1.807, 2.05) is 0 Å². The minimum Gasteiger partial charge on any atom is -0.465 e. The lowest BCUT2D eigenvalue weighted by Crippen LogP contribution is -2.12. The highest BCUT2D eigenvalue weighted by Gasteiger charge is 2.22. The summed E-state index contributed by atoms with van der Waals surface area (Å²) in [6.45, 7) is 0.0875. The van der Waals surface area contributed by atoms with E-state index in [1.165, 1.54) is 32.4 Å². The van der Waals surface area contributed by atoms with Gasteiger partial charge in [0.05, 0.1) is 12.0 Å². The van der Waals surface area contributed by atoms with Crippen LogP contribution in [0.15, 0.2) is 57.8 Å². The standard InChI is InChI=1S/C18H17NO6S/c1-23-11-16-17(18(20)24-2)14-10-12(8-9-15(14)25-16)19-26(21,22)13-6-4-3-5-7-13/h3-10,19H,11H2,1-2H3. The van der Waals surface area contributed by atoms with Gasteiger partial charge in [0.15, 0.2) is 0 Å². The molecule has 0 spiro atoms. The Balaban J connectivity index is 2.05. The van der Waals surface area contributed by atoms with Crippen molar-refractivity contribution in [3.63, 3.8) is 0 Å². The maximum Gasteiger partial charge on any atom is 0.342 e. The molecule has 0 aliphatic heterocycles. The van der Waals surface area contributed by atoms with Crippen molar-refractivity contribution in [1.82, 2.24) is 0 Å². The lowest BCUT2D eigenvalue weighted by atomic mass is 10.1. The first kappa shape index (κ1) is 18.0. The van der Waals surface area contributed by atoms with Crippen LogP contribution in [0.1, 0.15) is 16.1 Å². The van der Waals surface area contributed by atoms with Gasteiger partial charge in [0.1, 0.15) is 23.5 Å². The topological polar surface area (TPSA) is 94.8 Å². The van der Waals surface area contributed by atoms with Crippen molar-refractivity contribution in [2.75, 3.05) is 18.9 Å². The molecule has 0 saturated carbocycles. The molecular weight excluding hydrogens is 358 g/mol. The second kappa shape index (κ2) is 7.19. The Bertz CT molecular complexity index is 1040. The average molecular weight is 375 g/mol. The number of methoxy groups -OCH3 is 2. The normalized spacial score (nSPS) is 11.5. The van der Waals surface area contributed by atoms with Gasteiger partial charge in [-0.2, -0.15) is 0 Å². The third-order valence-corrected chi connectivity index (χ3v) is 5.13. The van der Waals surface area contributed by atoms with Crippen LogP contribution in [-0.4, -0.2) is 28.6 Å². The van der Waals surface area contributed by atoms with Crippen molar-refractivity contribution in [1.29, 1.82) is 0 Å². The fourth-order valence-electron chi connectivity index (χ4n) is 2.58. The van der Waals surface area contributed by atoms with Gasteiger partial charge in [-0.1, -0.05) is 18.2 Å². The molecule has 0 atom stereocenters. The van der Waals surface area contributed by atoms with Crippen molar-refractivity contribution < 1.29 is 27.1 Å². The van der Waals surface area contributed by atoms with Crippen LogP contribution in [0.4, 0.5) is 5.69 Å². The van der Waals surface area contributed by atoms with E-state index in [0.29, 0.717) is 22.4 Å². The first-order chi connectivity index (χ1) is 12.5. The first-order valence-electron chi connectivity index (χ1n) is 7.67. The van der Waals surface area contributed by atoms with Crippen LogP contribution in [0.2, 0.25) is 0 Å². The number of fused-ring (bicyclic) bond motifs is 1. The number of nitrogens with one attached hydrogen (secondary N) is 1. The molecule has 0 amide bonds. The lowest BCUT2D eigenvalue weighted by Gasteiger charge is -2.08. The second-order valence-corrected chi connectivity index (χ2v) is 7.14. The lowest BCUT2D eigenvalue weighted by molar-refractivity contribution is 0.0594. The minimum absolute atomic E-state index is 0.0875. The highest BCUT2D eigenvalue weighted by atomic mass is 32.2. The Kier molecular flexibility index (Phi) is 4.97. The van der Waals surface area contributed by atoms with E-state index >= 15 is 0 Å². The molecule has 1 N–H and O–H groups in total. The van der Waals surface area contributed by atoms with Gasteiger partial charge in [0.2, 0.25) is 0 Å². The van der Waals surface area contributed by atoms with Crippen LogP contribution >= 0.6 is 0 Å². The number of benzene rings is 2. The van der Waals surface area contributed by atoms with Crippen LogP contribution < -0.4 is 4.72 Å². The summed E-state index contributed by atoms with van der Waals surface area (Å²) in [5.41, 5.74) is 0.946. The Labute approximate surface area is 150 Å². The molecule has 0 radical (unpaired) electrons. The largest absolute Gasteiger partial charge is 0.465 e. The SMILES string of the molecule is COCc1oc2ccc(NS(=O)(=O)c3ccccc3)cc2c1C(=O)OC. The number of ether oxygens (including phenoxy) is 2. The van der Waals surface area contributed by atoms with E-state index in [9.17, 15) is 13.2 Å². The predicted octanol–water partition coefficient (Wildman–Crippen LogP) is 3.17. The smallest absolute Gasteiger partial charge is 0.342 e. The Hall–Kier alpha value is -2.84. The molecule has 0 fully saturated rings. The van der Waals surface area contributed by atoms with Gasteiger partial charge in [-0.25, -0.2) is 13.2 Å². The number of hydrogen-bond donors (Lipinski definition) is 1. The number of sulfonamides is 1. The van der Waals surface area contributed by atoms with Crippen LogP contribution in [0.5, 0.6) is 0 Å². The molecule has 0 saturated heterocycles. The summed E-state index contributed by atoms with van der Waals surface area (Å²) in [7, 11) is -1.00. The number of carbonyl (C=O) groups is 1. The molecular formula is C18H17NO6S. The zero-order valence-electron chi connectivity index (χ0n) is 14.2. The number of esters is 1. The van der Waals surface area contributed by atoms with E-state index in [0.717, 1.165) is 0 Å². The molecule has 7 nitrogen and oxygen atoms in total. The molecule has 0 aliphatic rings. The van der Waals surface area contributed by atoms with Crippen LogP contribution in [0.25, 0.3) is 11.0 Å². The molecule has 1 heterocycles. The summed E-state index contributed by atoms with van der Waals surface area (Å²) in [4.78, 5) is 12.3. The molecule has 0 aliphatic carbocycles. The minimum atomic E-state index is -3.75. The van der Waals surface area contributed by atoms with E-state index < -0.39 is 16.0 Å². The van der Waals surface area contributed by atoms with Crippen LogP contribution in [0, 0.1) is 0 Å².